The van der Waals surface area contributed by atoms with Crippen LogP contribution in [0.3, 0.4) is 0 Å². The molecule has 6 aromatic rings. The molecule has 0 saturated heterocycles. The summed E-state index contributed by atoms with van der Waals surface area (Å²) >= 11 is 9.30. The first kappa shape index (κ1) is 80.2. The Labute approximate surface area is 583 Å². The van der Waals surface area contributed by atoms with E-state index in [0.717, 1.165) is 48.3 Å². The summed E-state index contributed by atoms with van der Waals surface area (Å²) in [5, 5.41) is 36.8. The number of alkyl carbamates (subject to hydrolysis) is 1. The molecule has 0 spiro atoms. The van der Waals surface area contributed by atoms with Crippen molar-refractivity contribution >= 4 is 118 Å². The Morgan fingerprint density at radius 1 is 0.463 bits per heavy atom. The Bertz CT molecular complexity index is 3480. The highest BCUT2D eigenvalue weighted by molar-refractivity contribution is 7.99. The Morgan fingerprint density at radius 2 is 0.758 bits per heavy atom. The minimum Gasteiger partial charge on any atom is -0.461 e. The molecule has 3 unspecified atom stereocenters. The van der Waals surface area contributed by atoms with Crippen LogP contribution in [0.4, 0.5) is 14.4 Å². The average Bonchev–Trinajstić information content (AvgIpc) is 0.822. The Morgan fingerprint density at radius 3 is 1.04 bits per heavy atom. The first-order valence-electron chi connectivity index (χ1n) is 29.7. The van der Waals surface area contributed by atoms with E-state index in [9.17, 15) is 48.9 Å². The summed E-state index contributed by atoms with van der Waals surface area (Å²) in [4.78, 5) is 103. The second-order valence-corrected chi connectivity index (χ2v) is 26.4. The molecule has 0 radical (unpaired) electrons. The zero-order valence-electron chi connectivity index (χ0n) is 55.6. The number of carbonyl (C=O) groups is 7. The third-order valence-electron chi connectivity index (χ3n) is 14.1. The number of thioether (sulfide) groups is 6. The quantitative estimate of drug-likeness (QED) is 0.00498. The monoisotopic (exact) mass is 1410 g/mol. The number of ketones is 3. The molecule has 6 rings (SSSR count). The molecular formula is C70H85N5O14S6. The standard InChI is InChI=1S/C24H31NO4S2.C23H29N3O4S2.C23H25NO6S2/c1-5-15-25(16-6-2)23(27)29-17-24(28,19-9-13-21(31-4)14-10-19)22(26)18-7-11-20(30-3)12-8-18;1-25(2)21(26(3)4)24-22(28)30-15-23(29,17-9-13-19(32-6)14-10-17)20(27)16-7-11-18(31-5)12-8-16;1-4-20(25)29-14-13-24-22(27)30-15-23(28,17-7-11-19(32-3)12-8-17)21(26)16-5-9-18(31-2)10-6-16/h7-14,28H,5-6,15-17H2,1-4H3;7-14,29H,15H2,1-6H3;4-12,28H,1,13-15H2,2-3H3,(H,24,27). The number of nitrogens with one attached hydrogen (secondary N) is 1. The van der Waals surface area contributed by atoms with Crippen LogP contribution < -0.4 is 5.32 Å². The van der Waals surface area contributed by atoms with Gasteiger partial charge in [-0.25, -0.2) is 19.2 Å². The maximum atomic E-state index is 13.4. The average molecular weight is 1410 g/mol. The molecule has 3 atom stereocenters. The second-order valence-electron chi connectivity index (χ2n) is 21.1. The highest BCUT2D eigenvalue weighted by atomic mass is 32.2. The van der Waals surface area contributed by atoms with Crippen LogP contribution in [0.2, 0.25) is 0 Å². The van der Waals surface area contributed by atoms with Gasteiger partial charge in [0.25, 0.3) is 0 Å². The lowest BCUT2D eigenvalue weighted by molar-refractivity contribution is -0.137. The van der Waals surface area contributed by atoms with Gasteiger partial charge in [-0.15, -0.1) is 75.6 Å². The van der Waals surface area contributed by atoms with Crippen molar-refractivity contribution in [3.8, 4) is 0 Å². The number of aliphatic hydroxyl groups is 3. The van der Waals surface area contributed by atoms with Gasteiger partial charge in [0, 0.05) is 93.4 Å². The third kappa shape index (κ3) is 23.8. The highest BCUT2D eigenvalue weighted by Crippen LogP contribution is 2.33. The Hall–Kier alpha value is -7.20. The maximum Gasteiger partial charge on any atom is 0.436 e. The molecule has 0 heterocycles. The first-order valence-corrected chi connectivity index (χ1v) is 37.1. The number of hydrogen-bond donors (Lipinski definition) is 4. The van der Waals surface area contributed by atoms with Crippen LogP contribution in [0.15, 0.2) is 193 Å². The molecule has 510 valence electrons. The lowest BCUT2D eigenvalue weighted by Crippen LogP contribution is -2.43. The van der Waals surface area contributed by atoms with E-state index in [1.54, 1.807) is 187 Å². The summed E-state index contributed by atoms with van der Waals surface area (Å²) < 4.78 is 20.7. The van der Waals surface area contributed by atoms with Crippen molar-refractivity contribution in [2.45, 2.75) is 72.9 Å². The summed E-state index contributed by atoms with van der Waals surface area (Å²) in [6, 6.07) is 41.7. The molecule has 0 bridgehead atoms. The number of carbonyl (C=O) groups excluding carboxylic acids is 7. The lowest BCUT2D eigenvalue weighted by Gasteiger charge is -2.29. The first-order chi connectivity index (χ1) is 45.3. The smallest absolute Gasteiger partial charge is 0.436 e. The van der Waals surface area contributed by atoms with Crippen LogP contribution in [-0.2, 0) is 40.5 Å². The number of hydrogen-bond acceptors (Lipinski definition) is 20. The Balaban J connectivity index is 0.000000303. The van der Waals surface area contributed by atoms with E-state index in [2.05, 4.69) is 16.9 Å². The fourth-order valence-electron chi connectivity index (χ4n) is 8.94. The highest BCUT2D eigenvalue weighted by Gasteiger charge is 2.43. The van der Waals surface area contributed by atoms with Crippen LogP contribution in [0.5, 0.6) is 0 Å². The third-order valence-corrected chi connectivity index (χ3v) is 18.6. The topological polar surface area (TPSA) is 251 Å². The molecule has 4 N–H and O–H groups in total. The summed E-state index contributed by atoms with van der Waals surface area (Å²) in [7, 11) is 6.99. The van der Waals surface area contributed by atoms with Crippen molar-refractivity contribution in [1.29, 1.82) is 0 Å². The SMILES string of the molecule is C=CC(=O)OCCNC(=O)OCC(O)(C(=O)c1ccc(SC)cc1)c1ccc(SC)cc1.CCCN(CCC)C(=O)OCC(O)(C(=O)c1ccc(SC)cc1)c1ccc(SC)cc1.CSc1ccc(C(=O)C(O)(COC(=O)N=C(N(C)C)N(C)C)c2ccc(SC)cc2)cc1. The van der Waals surface area contributed by atoms with Crippen LogP contribution in [0.25, 0.3) is 0 Å². The lowest BCUT2D eigenvalue weighted by atomic mass is 9.86. The zero-order valence-corrected chi connectivity index (χ0v) is 60.5. The largest absolute Gasteiger partial charge is 0.461 e. The van der Waals surface area contributed by atoms with Gasteiger partial charge in [-0.05, 0) is 140 Å². The van der Waals surface area contributed by atoms with Crippen molar-refractivity contribution in [1.82, 2.24) is 20.0 Å². The summed E-state index contributed by atoms with van der Waals surface area (Å²) in [5.41, 5.74) is -4.09. The summed E-state index contributed by atoms with van der Waals surface area (Å²) in [6.45, 7) is 6.72. The number of guanidine groups is 1. The number of rotatable bonds is 29. The van der Waals surface area contributed by atoms with E-state index in [1.165, 1.54) is 23.5 Å². The van der Waals surface area contributed by atoms with Crippen LogP contribution in [0.1, 0.15) is 74.5 Å². The van der Waals surface area contributed by atoms with Crippen molar-refractivity contribution in [3.63, 3.8) is 0 Å². The van der Waals surface area contributed by atoms with E-state index in [1.807, 2.05) is 99.9 Å². The molecular weight excluding hydrogens is 1330 g/mol. The van der Waals surface area contributed by atoms with Crippen LogP contribution in [0, 0.1) is 0 Å². The molecule has 6 aromatic carbocycles. The van der Waals surface area contributed by atoms with E-state index in [-0.39, 0.29) is 13.2 Å². The van der Waals surface area contributed by atoms with Gasteiger partial charge in [0.1, 0.15) is 26.4 Å². The molecule has 0 saturated carbocycles. The number of benzene rings is 6. The van der Waals surface area contributed by atoms with E-state index in [0.29, 0.717) is 52.4 Å². The van der Waals surface area contributed by atoms with Crippen LogP contribution >= 0.6 is 70.6 Å². The van der Waals surface area contributed by atoms with Crippen LogP contribution in [-0.4, -0.2) is 189 Å². The predicted octanol–water partition coefficient (Wildman–Crippen LogP) is 12.9. The molecule has 25 heteroatoms. The number of amides is 3. The van der Waals surface area contributed by atoms with E-state index < -0.39 is 78.2 Å². The molecule has 0 fully saturated rings. The minimum absolute atomic E-state index is 0.00333. The molecule has 0 aromatic heterocycles. The van der Waals surface area contributed by atoms with Gasteiger partial charge >= 0.3 is 24.2 Å². The fraction of sp³-hybridized carbons (Fsp3) is 0.343. The summed E-state index contributed by atoms with van der Waals surface area (Å²) in [6.07, 6.45) is 12.0. The number of Topliss-reactive ketones (excluding diaryl/α,β-unsaturated/α-hetero) is 3. The molecule has 0 aliphatic heterocycles. The Kier molecular flexibility index (Phi) is 34.1. The van der Waals surface area contributed by atoms with Gasteiger partial charge in [0.2, 0.25) is 23.3 Å². The van der Waals surface area contributed by atoms with Crippen molar-refractivity contribution in [3.05, 3.63) is 192 Å². The minimum atomic E-state index is -2.08. The van der Waals surface area contributed by atoms with Gasteiger partial charge in [0.05, 0.1) is 6.54 Å². The van der Waals surface area contributed by atoms with Gasteiger partial charge in [-0.2, -0.15) is 0 Å². The van der Waals surface area contributed by atoms with Crippen molar-refractivity contribution in [2.24, 2.45) is 4.99 Å². The van der Waals surface area contributed by atoms with Crippen molar-refractivity contribution < 1.29 is 67.8 Å². The second kappa shape index (κ2) is 40.4. The number of aliphatic imine (C=N–C) groups is 1. The summed E-state index contributed by atoms with van der Waals surface area (Å²) in [5.74, 6) is -1.88. The maximum absolute atomic E-state index is 13.4. The van der Waals surface area contributed by atoms with Gasteiger partial charge in [-0.3, -0.25) is 14.4 Å². The zero-order chi connectivity index (χ0) is 70.3. The molecule has 0 aliphatic rings. The fourth-order valence-corrected chi connectivity index (χ4v) is 11.4. The predicted molar refractivity (Wildman–Crippen MR) is 384 cm³/mol. The van der Waals surface area contributed by atoms with Crippen molar-refractivity contribution in [2.75, 3.05) is 112 Å². The van der Waals surface area contributed by atoms with Gasteiger partial charge in [0.15, 0.2) is 16.8 Å². The molecule has 95 heavy (non-hydrogen) atoms. The molecule has 3 amide bonds. The van der Waals surface area contributed by atoms with Gasteiger partial charge in [-0.1, -0.05) is 93.2 Å². The van der Waals surface area contributed by atoms with Gasteiger partial charge < -0.3 is 54.3 Å². The van der Waals surface area contributed by atoms with E-state index in [4.69, 9.17) is 18.9 Å². The molecule has 0 aliphatic carbocycles. The molecule has 19 nitrogen and oxygen atoms in total. The number of ether oxygens (including phenoxy) is 4. The normalized spacial score (nSPS) is 12.5. The van der Waals surface area contributed by atoms with E-state index >= 15 is 0 Å². The number of nitrogens with zero attached hydrogens (tertiary/aromatic N) is 4. The number of esters is 1.